The average Bonchev–Trinajstić information content (AvgIpc) is 2.91. The summed E-state index contributed by atoms with van der Waals surface area (Å²) in [5, 5.41) is 0. The van der Waals surface area contributed by atoms with Crippen LogP contribution in [0.15, 0.2) is 77.7 Å². The first-order valence-electron chi connectivity index (χ1n) is 12.2. The molecule has 0 spiro atoms. The number of piperazine rings is 1. The van der Waals surface area contributed by atoms with E-state index in [2.05, 4.69) is 0 Å². The normalized spacial score (nSPS) is 13.6. The molecule has 1 heterocycles. The van der Waals surface area contributed by atoms with Gasteiger partial charge < -0.3 is 14.5 Å². The van der Waals surface area contributed by atoms with E-state index in [1.54, 1.807) is 35.2 Å². The fraction of sp³-hybridized carbons (Fsp3) is 0.250. The first-order chi connectivity index (χ1) is 18.5. The molecule has 0 bridgehead atoms. The maximum atomic E-state index is 13.7. The zero-order chi connectivity index (χ0) is 28.2. The van der Waals surface area contributed by atoms with Crippen molar-refractivity contribution < 1.29 is 31.9 Å². The van der Waals surface area contributed by atoms with Crippen molar-refractivity contribution in [2.45, 2.75) is 11.8 Å². The van der Waals surface area contributed by atoms with Crippen LogP contribution < -0.4 is 14.5 Å². The van der Waals surface area contributed by atoms with Crippen molar-refractivity contribution in [1.29, 1.82) is 0 Å². The van der Waals surface area contributed by atoms with Crippen LogP contribution in [0, 0.1) is 5.82 Å². The number of hydrogen-bond donors (Lipinski definition) is 0. The third kappa shape index (κ3) is 6.80. The zero-order valence-electron chi connectivity index (χ0n) is 21.5. The number of amides is 2. The van der Waals surface area contributed by atoms with Crippen molar-refractivity contribution in [1.82, 2.24) is 4.90 Å². The summed E-state index contributed by atoms with van der Waals surface area (Å²) in [5.41, 5.74) is 1.25. The Kier molecular flexibility index (Phi) is 8.29. The minimum absolute atomic E-state index is 0.0946. The molecule has 9 nitrogen and oxygen atoms in total. The van der Waals surface area contributed by atoms with Gasteiger partial charge in [-0.1, -0.05) is 18.2 Å². The second-order valence-electron chi connectivity index (χ2n) is 9.10. The summed E-state index contributed by atoms with van der Waals surface area (Å²) in [4.78, 5) is 42.7. The Bertz CT molecular complexity index is 1470. The minimum Gasteiger partial charge on any atom is -0.427 e. The maximum Gasteiger partial charge on any atom is 0.308 e. The molecule has 3 aromatic carbocycles. The van der Waals surface area contributed by atoms with Crippen LogP contribution in [0.5, 0.6) is 5.75 Å². The highest BCUT2D eigenvalue weighted by Gasteiger charge is 2.28. The molecule has 0 unspecified atom stereocenters. The van der Waals surface area contributed by atoms with Crippen LogP contribution in [-0.2, 0) is 19.4 Å². The zero-order valence-corrected chi connectivity index (χ0v) is 22.4. The third-order valence-corrected chi connectivity index (χ3v) is 7.39. The van der Waals surface area contributed by atoms with Crippen molar-refractivity contribution in [2.75, 3.05) is 48.8 Å². The predicted octanol–water partition coefficient (Wildman–Crippen LogP) is 3.15. The number of nitrogens with zero attached hydrogens (tertiary/aromatic N) is 3. The summed E-state index contributed by atoms with van der Waals surface area (Å²) in [7, 11) is -3.66. The van der Waals surface area contributed by atoms with Crippen LogP contribution in [0.4, 0.5) is 15.8 Å². The van der Waals surface area contributed by atoms with E-state index in [1.165, 1.54) is 48.2 Å². The standard InChI is InChI=1S/C28H28FN3O6S/c1-20(33)38-24-11-8-21(9-12-24)28(35)32(23-6-4-3-5-7-23)19-27(34)31-16-14-30(15-17-31)25-13-10-22(29)18-26(25)39(2,36)37/h3-13,18H,14-17,19H2,1-2H3. The highest BCUT2D eigenvalue weighted by atomic mass is 32.2. The molecule has 0 atom stereocenters. The topological polar surface area (TPSA) is 104 Å². The van der Waals surface area contributed by atoms with E-state index in [9.17, 15) is 27.2 Å². The van der Waals surface area contributed by atoms with E-state index in [0.717, 1.165) is 12.3 Å². The number of sulfone groups is 1. The number of ether oxygens (including phenoxy) is 1. The quantitative estimate of drug-likeness (QED) is 0.327. The van der Waals surface area contributed by atoms with Gasteiger partial charge in [0.05, 0.1) is 10.6 Å². The summed E-state index contributed by atoms with van der Waals surface area (Å²) in [6, 6.07) is 18.5. The first-order valence-corrected chi connectivity index (χ1v) is 14.1. The Morgan fingerprint density at radius 1 is 0.923 bits per heavy atom. The number of esters is 1. The predicted molar refractivity (Wildman–Crippen MR) is 144 cm³/mol. The Morgan fingerprint density at radius 2 is 1.56 bits per heavy atom. The molecule has 0 radical (unpaired) electrons. The van der Waals surface area contributed by atoms with Crippen LogP contribution in [0.1, 0.15) is 17.3 Å². The molecule has 2 amide bonds. The van der Waals surface area contributed by atoms with E-state index in [1.807, 2.05) is 4.90 Å². The first kappa shape index (κ1) is 27.8. The second-order valence-corrected chi connectivity index (χ2v) is 11.1. The van der Waals surface area contributed by atoms with Crippen molar-refractivity contribution in [3.05, 3.63) is 84.2 Å². The van der Waals surface area contributed by atoms with Gasteiger partial charge in [-0.05, 0) is 54.6 Å². The van der Waals surface area contributed by atoms with Gasteiger partial charge in [0.25, 0.3) is 5.91 Å². The molecular formula is C28H28FN3O6S. The number of carbonyl (C=O) groups is 3. The molecular weight excluding hydrogens is 525 g/mol. The Morgan fingerprint density at radius 3 is 2.15 bits per heavy atom. The number of anilines is 2. The molecule has 39 heavy (non-hydrogen) atoms. The second kappa shape index (κ2) is 11.6. The molecule has 0 aliphatic carbocycles. The van der Waals surface area contributed by atoms with Crippen LogP contribution in [0.2, 0.25) is 0 Å². The highest BCUT2D eigenvalue weighted by molar-refractivity contribution is 7.90. The Balaban J connectivity index is 1.48. The molecule has 0 saturated carbocycles. The lowest BCUT2D eigenvalue weighted by molar-refractivity contribution is -0.132. The van der Waals surface area contributed by atoms with Crippen LogP contribution >= 0.6 is 0 Å². The van der Waals surface area contributed by atoms with Gasteiger partial charge in [0.2, 0.25) is 5.91 Å². The monoisotopic (exact) mass is 553 g/mol. The van der Waals surface area contributed by atoms with Crippen molar-refractivity contribution in [3.63, 3.8) is 0 Å². The molecule has 4 rings (SSSR count). The molecule has 0 aromatic heterocycles. The molecule has 1 aliphatic rings. The minimum atomic E-state index is -3.66. The lowest BCUT2D eigenvalue weighted by Crippen LogP contribution is -2.52. The fourth-order valence-corrected chi connectivity index (χ4v) is 5.26. The maximum absolute atomic E-state index is 13.7. The number of hydrogen-bond acceptors (Lipinski definition) is 7. The van der Waals surface area contributed by atoms with Gasteiger partial charge in [0.1, 0.15) is 18.1 Å². The summed E-state index contributed by atoms with van der Waals surface area (Å²) in [6.45, 7) is 2.36. The van der Waals surface area contributed by atoms with Gasteiger partial charge >= 0.3 is 5.97 Å². The van der Waals surface area contributed by atoms with E-state index in [0.29, 0.717) is 48.9 Å². The van der Waals surface area contributed by atoms with Gasteiger partial charge in [-0.3, -0.25) is 19.3 Å². The van der Waals surface area contributed by atoms with E-state index in [-0.39, 0.29) is 17.3 Å². The van der Waals surface area contributed by atoms with Crippen LogP contribution in [0.25, 0.3) is 0 Å². The number of halogens is 1. The fourth-order valence-electron chi connectivity index (χ4n) is 4.35. The SMILES string of the molecule is CC(=O)Oc1ccc(C(=O)N(CC(=O)N2CCN(c3ccc(F)cc3S(C)(=O)=O)CC2)c2ccccc2)cc1. The smallest absolute Gasteiger partial charge is 0.308 e. The summed E-state index contributed by atoms with van der Waals surface area (Å²) < 4.78 is 43.2. The molecule has 1 fully saturated rings. The average molecular weight is 554 g/mol. The third-order valence-electron chi connectivity index (χ3n) is 6.26. The van der Waals surface area contributed by atoms with Gasteiger partial charge in [-0.15, -0.1) is 0 Å². The van der Waals surface area contributed by atoms with Crippen molar-refractivity contribution in [2.24, 2.45) is 0 Å². The van der Waals surface area contributed by atoms with E-state index in [4.69, 9.17) is 4.74 Å². The number of para-hydroxylation sites is 1. The summed E-state index contributed by atoms with van der Waals surface area (Å²) >= 11 is 0. The summed E-state index contributed by atoms with van der Waals surface area (Å²) in [6.07, 6.45) is 1.03. The van der Waals surface area contributed by atoms with Crippen molar-refractivity contribution in [3.8, 4) is 5.75 Å². The van der Waals surface area contributed by atoms with Crippen LogP contribution in [-0.4, -0.2) is 70.1 Å². The van der Waals surface area contributed by atoms with Gasteiger partial charge in [0, 0.05) is 50.6 Å². The number of rotatable bonds is 7. The molecule has 3 aromatic rings. The molecule has 0 N–H and O–H groups in total. The Hall–Kier alpha value is -4.25. The molecule has 11 heteroatoms. The summed E-state index contributed by atoms with van der Waals surface area (Å²) in [5.74, 6) is -1.48. The Labute approximate surface area is 226 Å². The number of benzene rings is 3. The van der Waals surface area contributed by atoms with Crippen LogP contribution in [0.3, 0.4) is 0 Å². The van der Waals surface area contributed by atoms with E-state index < -0.39 is 27.5 Å². The largest absolute Gasteiger partial charge is 0.427 e. The molecule has 1 saturated heterocycles. The lowest BCUT2D eigenvalue weighted by Gasteiger charge is -2.37. The van der Waals surface area contributed by atoms with Crippen molar-refractivity contribution >= 4 is 39.0 Å². The van der Waals surface area contributed by atoms with E-state index >= 15 is 0 Å². The van der Waals surface area contributed by atoms with Gasteiger partial charge in [-0.25, -0.2) is 12.8 Å². The van der Waals surface area contributed by atoms with Gasteiger partial charge in [-0.2, -0.15) is 0 Å². The molecule has 204 valence electrons. The highest BCUT2D eigenvalue weighted by Crippen LogP contribution is 2.27. The lowest BCUT2D eigenvalue weighted by atomic mass is 10.1. The van der Waals surface area contributed by atoms with Gasteiger partial charge in [0.15, 0.2) is 9.84 Å². The number of carbonyl (C=O) groups excluding carboxylic acids is 3. The molecule has 1 aliphatic heterocycles.